The number of hydrogen-bond donors (Lipinski definition) is 1. The molecule has 1 atom stereocenters. The lowest BCUT2D eigenvalue weighted by Gasteiger charge is -2.22. The quantitative estimate of drug-likeness (QED) is 0.885. The number of rotatable bonds is 5. The molecular weight excluding hydrogens is 240 g/mol. The SMILES string of the molecule is COc1c(C)cnc(CNCC2CCCOC2)c1C. The first-order valence-electron chi connectivity index (χ1n) is 7.00. The van der Waals surface area contributed by atoms with Crippen LogP contribution in [-0.2, 0) is 11.3 Å². The van der Waals surface area contributed by atoms with Crippen LogP contribution in [0.15, 0.2) is 6.20 Å². The van der Waals surface area contributed by atoms with E-state index in [1.165, 1.54) is 12.8 Å². The average Bonchev–Trinajstić information content (AvgIpc) is 2.43. The third-order valence-electron chi connectivity index (χ3n) is 3.73. The molecule has 0 aliphatic carbocycles. The molecule has 2 rings (SSSR count). The van der Waals surface area contributed by atoms with Gasteiger partial charge in [0.05, 0.1) is 19.4 Å². The van der Waals surface area contributed by atoms with Crippen LogP contribution in [-0.4, -0.2) is 31.9 Å². The largest absolute Gasteiger partial charge is 0.496 e. The Morgan fingerprint density at radius 3 is 3.00 bits per heavy atom. The molecule has 1 N–H and O–H groups in total. The molecule has 2 heterocycles. The number of aryl methyl sites for hydroxylation is 1. The van der Waals surface area contributed by atoms with Crippen LogP contribution in [0.3, 0.4) is 0 Å². The highest BCUT2D eigenvalue weighted by Crippen LogP contribution is 2.23. The molecule has 1 aromatic rings. The number of nitrogens with zero attached hydrogens (tertiary/aromatic N) is 1. The van der Waals surface area contributed by atoms with Crippen molar-refractivity contribution >= 4 is 0 Å². The maximum atomic E-state index is 5.49. The van der Waals surface area contributed by atoms with Gasteiger partial charge in [0.2, 0.25) is 0 Å². The first-order valence-corrected chi connectivity index (χ1v) is 7.00. The van der Waals surface area contributed by atoms with Crippen molar-refractivity contribution in [2.75, 3.05) is 26.9 Å². The zero-order valence-electron chi connectivity index (χ0n) is 12.2. The molecule has 0 amide bonds. The van der Waals surface area contributed by atoms with Gasteiger partial charge >= 0.3 is 0 Å². The van der Waals surface area contributed by atoms with Crippen molar-refractivity contribution in [1.82, 2.24) is 10.3 Å². The third-order valence-corrected chi connectivity index (χ3v) is 3.73. The Kier molecular flexibility index (Phi) is 5.16. The minimum absolute atomic E-state index is 0.640. The summed E-state index contributed by atoms with van der Waals surface area (Å²) in [6, 6.07) is 0. The summed E-state index contributed by atoms with van der Waals surface area (Å²) in [6.45, 7) is 7.69. The maximum absolute atomic E-state index is 5.49. The Morgan fingerprint density at radius 1 is 1.47 bits per heavy atom. The van der Waals surface area contributed by atoms with E-state index in [1.807, 2.05) is 13.1 Å². The van der Waals surface area contributed by atoms with E-state index in [-0.39, 0.29) is 0 Å². The molecule has 0 saturated carbocycles. The Morgan fingerprint density at radius 2 is 2.32 bits per heavy atom. The van der Waals surface area contributed by atoms with E-state index in [0.29, 0.717) is 5.92 Å². The Hall–Kier alpha value is -1.13. The van der Waals surface area contributed by atoms with Gasteiger partial charge < -0.3 is 14.8 Å². The van der Waals surface area contributed by atoms with Crippen molar-refractivity contribution in [3.8, 4) is 5.75 Å². The van der Waals surface area contributed by atoms with Gasteiger partial charge in [-0.1, -0.05) is 0 Å². The topological polar surface area (TPSA) is 43.4 Å². The van der Waals surface area contributed by atoms with E-state index in [2.05, 4.69) is 17.2 Å². The van der Waals surface area contributed by atoms with E-state index in [1.54, 1.807) is 7.11 Å². The number of ether oxygens (including phenoxy) is 2. The summed E-state index contributed by atoms with van der Waals surface area (Å²) in [5.41, 5.74) is 3.29. The number of hydrogen-bond acceptors (Lipinski definition) is 4. The van der Waals surface area contributed by atoms with Crippen molar-refractivity contribution in [2.45, 2.75) is 33.2 Å². The van der Waals surface area contributed by atoms with Crippen molar-refractivity contribution in [1.29, 1.82) is 0 Å². The van der Waals surface area contributed by atoms with E-state index in [9.17, 15) is 0 Å². The molecule has 0 aromatic carbocycles. The van der Waals surface area contributed by atoms with Crippen LogP contribution in [0.2, 0.25) is 0 Å². The average molecular weight is 264 g/mol. The summed E-state index contributed by atoms with van der Waals surface area (Å²) in [4.78, 5) is 4.50. The number of aromatic nitrogens is 1. The molecule has 1 aliphatic rings. The highest BCUT2D eigenvalue weighted by Gasteiger charge is 2.14. The fraction of sp³-hybridized carbons (Fsp3) is 0.667. The molecule has 4 nitrogen and oxygen atoms in total. The maximum Gasteiger partial charge on any atom is 0.128 e. The molecule has 0 radical (unpaired) electrons. The smallest absolute Gasteiger partial charge is 0.128 e. The first kappa shape index (κ1) is 14.3. The highest BCUT2D eigenvalue weighted by molar-refractivity contribution is 5.40. The van der Waals surface area contributed by atoms with E-state index in [0.717, 1.165) is 48.9 Å². The number of nitrogens with one attached hydrogen (secondary N) is 1. The van der Waals surface area contributed by atoms with Crippen LogP contribution >= 0.6 is 0 Å². The molecule has 1 aliphatic heterocycles. The van der Waals surface area contributed by atoms with E-state index >= 15 is 0 Å². The molecule has 1 unspecified atom stereocenters. The molecule has 1 saturated heterocycles. The molecule has 1 aromatic heterocycles. The van der Waals surface area contributed by atoms with Gasteiger partial charge in [-0.25, -0.2) is 0 Å². The molecule has 4 heteroatoms. The minimum Gasteiger partial charge on any atom is -0.496 e. The molecule has 0 bridgehead atoms. The van der Waals surface area contributed by atoms with Crippen LogP contribution in [0, 0.1) is 19.8 Å². The van der Waals surface area contributed by atoms with Gasteiger partial charge in [-0.15, -0.1) is 0 Å². The third kappa shape index (κ3) is 3.67. The fourth-order valence-corrected chi connectivity index (χ4v) is 2.61. The lowest BCUT2D eigenvalue weighted by Crippen LogP contribution is -2.29. The lowest BCUT2D eigenvalue weighted by atomic mass is 10.0. The van der Waals surface area contributed by atoms with Crippen molar-refractivity contribution < 1.29 is 9.47 Å². The van der Waals surface area contributed by atoms with Crippen LogP contribution in [0.1, 0.15) is 29.7 Å². The Labute approximate surface area is 115 Å². The first-order chi connectivity index (χ1) is 9.22. The van der Waals surface area contributed by atoms with Gasteiger partial charge in [-0.05, 0) is 32.6 Å². The van der Waals surface area contributed by atoms with E-state index in [4.69, 9.17) is 9.47 Å². The van der Waals surface area contributed by atoms with Gasteiger partial charge in [0.1, 0.15) is 5.75 Å². The zero-order chi connectivity index (χ0) is 13.7. The van der Waals surface area contributed by atoms with Crippen LogP contribution in [0.25, 0.3) is 0 Å². The lowest BCUT2D eigenvalue weighted by molar-refractivity contribution is 0.0547. The summed E-state index contributed by atoms with van der Waals surface area (Å²) in [5, 5.41) is 3.48. The standard InChI is InChI=1S/C15H24N2O2/c1-11-7-17-14(12(2)15(11)18-3)9-16-8-13-5-4-6-19-10-13/h7,13,16H,4-6,8-10H2,1-3H3. The van der Waals surface area contributed by atoms with Crippen LogP contribution in [0.5, 0.6) is 5.75 Å². The molecule has 1 fully saturated rings. The highest BCUT2D eigenvalue weighted by atomic mass is 16.5. The van der Waals surface area contributed by atoms with Gasteiger partial charge in [0.25, 0.3) is 0 Å². The molecule has 19 heavy (non-hydrogen) atoms. The van der Waals surface area contributed by atoms with Crippen molar-refractivity contribution in [3.05, 3.63) is 23.0 Å². The van der Waals surface area contributed by atoms with Gasteiger partial charge in [-0.2, -0.15) is 0 Å². The fourth-order valence-electron chi connectivity index (χ4n) is 2.61. The van der Waals surface area contributed by atoms with Gasteiger partial charge in [0.15, 0.2) is 0 Å². The summed E-state index contributed by atoms with van der Waals surface area (Å²) in [5.74, 6) is 1.59. The Balaban J connectivity index is 1.88. The summed E-state index contributed by atoms with van der Waals surface area (Å²) in [6.07, 6.45) is 4.32. The van der Waals surface area contributed by atoms with Crippen LogP contribution in [0.4, 0.5) is 0 Å². The normalized spacial score (nSPS) is 19.4. The second-order valence-electron chi connectivity index (χ2n) is 5.26. The predicted molar refractivity (Wildman–Crippen MR) is 75.5 cm³/mol. The Bertz CT molecular complexity index is 415. The minimum atomic E-state index is 0.640. The predicted octanol–water partition coefficient (Wildman–Crippen LogP) is 2.22. The van der Waals surface area contributed by atoms with Gasteiger partial charge in [0, 0.05) is 37.0 Å². The molecule has 0 spiro atoms. The van der Waals surface area contributed by atoms with Crippen LogP contribution < -0.4 is 10.1 Å². The number of methoxy groups -OCH3 is 1. The summed E-state index contributed by atoms with van der Waals surface area (Å²) >= 11 is 0. The molecule has 106 valence electrons. The second kappa shape index (κ2) is 6.87. The summed E-state index contributed by atoms with van der Waals surface area (Å²) < 4.78 is 10.9. The number of pyridine rings is 1. The van der Waals surface area contributed by atoms with Gasteiger partial charge in [-0.3, -0.25) is 4.98 Å². The summed E-state index contributed by atoms with van der Waals surface area (Å²) in [7, 11) is 1.71. The monoisotopic (exact) mass is 264 g/mol. The van der Waals surface area contributed by atoms with E-state index < -0.39 is 0 Å². The second-order valence-corrected chi connectivity index (χ2v) is 5.26. The van der Waals surface area contributed by atoms with Crippen molar-refractivity contribution in [2.24, 2.45) is 5.92 Å². The molecular formula is C15H24N2O2. The van der Waals surface area contributed by atoms with Crippen molar-refractivity contribution in [3.63, 3.8) is 0 Å². The zero-order valence-corrected chi connectivity index (χ0v) is 12.2.